The summed E-state index contributed by atoms with van der Waals surface area (Å²) in [7, 11) is 0. The Labute approximate surface area is 149 Å². The largest absolute Gasteiger partial charge is 0.377 e. The summed E-state index contributed by atoms with van der Waals surface area (Å²) in [5.41, 5.74) is 1.68. The van der Waals surface area contributed by atoms with Gasteiger partial charge >= 0.3 is 0 Å². The first-order valence-corrected chi connectivity index (χ1v) is 8.71. The van der Waals surface area contributed by atoms with Crippen LogP contribution in [0, 0.1) is 0 Å². The maximum absolute atomic E-state index is 5.92. The fourth-order valence-corrected chi connectivity index (χ4v) is 3.50. The third-order valence-corrected chi connectivity index (χ3v) is 5.41. The molecule has 1 aliphatic carbocycles. The molecule has 1 saturated heterocycles. The second kappa shape index (κ2) is 5.64. The van der Waals surface area contributed by atoms with Crippen LogP contribution >= 0.6 is 11.6 Å². The molecular weight excluding hydrogens is 342 g/mol. The topological polar surface area (TPSA) is 78.9 Å². The Hall–Kier alpha value is -2.25. The number of rotatable bonds is 4. The zero-order valence-electron chi connectivity index (χ0n) is 13.4. The Morgan fingerprint density at radius 1 is 1.20 bits per heavy atom. The second-order valence-corrected chi connectivity index (χ2v) is 7.02. The number of aromatic nitrogens is 5. The lowest BCUT2D eigenvalue weighted by molar-refractivity contribution is -0.0286. The van der Waals surface area contributed by atoms with E-state index >= 15 is 0 Å². The average molecular weight is 358 g/mol. The van der Waals surface area contributed by atoms with Crippen molar-refractivity contribution in [3.63, 3.8) is 0 Å². The molecule has 2 aliphatic rings. The van der Waals surface area contributed by atoms with Gasteiger partial charge in [0.2, 0.25) is 0 Å². The van der Waals surface area contributed by atoms with Gasteiger partial charge < -0.3 is 9.26 Å². The number of nitrogens with zero attached hydrogens (tertiary/aromatic N) is 5. The summed E-state index contributed by atoms with van der Waals surface area (Å²) in [4.78, 5) is 8.88. The van der Waals surface area contributed by atoms with Gasteiger partial charge in [-0.1, -0.05) is 29.2 Å². The Balaban J connectivity index is 1.46. The minimum atomic E-state index is -0.225. The molecule has 0 bridgehead atoms. The Morgan fingerprint density at radius 2 is 2.08 bits per heavy atom. The van der Waals surface area contributed by atoms with Gasteiger partial charge in [-0.25, -0.2) is 4.98 Å². The molecule has 0 radical (unpaired) electrons. The molecule has 128 valence electrons. The lowest BCUT2D eigenvalue weighted by atomic mass is 9.64. The Morgan fingerprint density at radius 3 is 2.72 bits per heavy atom. The maximum Gasteiger partial charge on any atom is 0.261 e. The van der Waals surface area contributed by atoms with Gasteiger partial charge in [-0.2, -0.15) is 10.1 Å². The van der Waals surface area contributed by atoms with E-state index in [1.54, 1.807) is 6.20 Å². The summed E-state index contributed by atoms with van der Waals surface area (Å²) in [6.45, 7) is 1.39. The molecule has 5 rings (SSSR count). The normalized spacial score (nSPS) is 19.4. The SMILES string of the molecule is Clc1ccc(C2(c3noc(-c4cnn(C5COC5)c4)n3)CCC2)cn1. The monoisotopic (exact) mass is 357 g/mol. The van der Waals surface area contributed by atoms with E-state index in [2.05, 4.69) is 20.2 Å². The van der Waals surface area contributed by atoms with Crippen molar-refractivity contribution < 1.29 is 9.26 Å². The first-order valence-electron chi connectivity index (χ1n) is 8.33. The van der Waals surface area contributed by atoms with E-state index < -0.39 is 0 Å². The summed E-state index contributed by atoms with van der Waals surface area (Å²) in [5, 5.41) is 9.12. The van der Waals surface area contributed by atoms with Crippen LogP contribution in [-0.2, 0) is 10.2 Å². The molecule has 2 fully saturated rings. The van der Waals surface area contributed by atoms with Crippen LogP contribution in [-0.4, -0.2) is 38.1 Å². The summed E-state index contributed by atoms with van der Waals surface area (Å²) in [5.74, 6) is 1.20. The van der Waals surface area contributed by atoms with Crippen LogP contribution in [0.1, 0.15) is 36.7 Å². The highest BCUT2D eigenvalue weighted by molar-refractivity contribution is 6.29. The molecule has 7 nitrogen and oxygen atoms in total. The van der Waals surface area contributed by atoms with Crippen LogP contribution in [0.4, 0.5) is 0 Å². The molecule has 0 aromatic carbocycles. The molecule has 0 spiro atoms. The van der Waals surface area contributed by atoms with Crippen molar-refractivity contribution in [2.45, 2.75) is 30.7 Å². The standard InChI is InChI=1S/C17H16ClN5O2/c18-14-3-2-12(7-19-14)17(4-1-5-17)16-21-15(25-22-16)11-6-20-23(8-11)13-9-24-10-13/h2-3,6-8,13H,1,4-5,9-10H2. The van der Waals surface area contributed by atoms with Gasteiger partial charge in [-0.3, -0.25) is 4.68 Å². The van der Waals surface area contributed by atoms with Crippen molar-refractivity contribution in [3.05, 3.63) is 47.3 Å². The summed E-state index contributed by atoms with van der Waals surface area (Å²) >= 11 is 5.92. The third-order valence-electron chi connectivity index (χ3n) is 5.18. The number of hydrogen-bond donors (Lipinski definition) is 0. The maximum atomic E-state index is 5.92. The van der Waals surface area contributed by atoms with E-state index in [0.717, 1.165) is 30.4 Å². The number of halogens is 1. The lowest BCUT2D eigenvalue weighted by Crippen LogP contribution is -2.36. The van der Waals surface area contributed by atoms with Gasteiger partial charge in [0.25, 0.3) is 5.89 Å². The second-order valence-electron chi connectivity index (χ2n) is 6.63. The molecule has 0 unspecified atom stereocenters. The van der Waals surface area contributed by atoms with Crippen LogP contribution in [0.3, 0.4) is 0 Å². The zero-order chi connectivity index (χ0) is 16.9. The van der Waals surface area contributed by atoms with E-state index in [1.807, 2.05) is 29.2 Å². The molecule has 3 aromatic heterocycles. The first kappa shape index (κ1) is 15.0. The smallest absolute Gasteiger partial charge is 0.261 e. The van der Waals surface area contributed by atoms with Gasteiger partial charge in [0, 0.05) is 12.4 Å². The number of ether oxygens (including phenoxy) is 1. The van der Waals surface area contributed by atoms with Crippen LogP contribution in [0.25, 0.3) is 11.5 Å². The zero-order valence-corrected chi connectivity index (χ0v) is 14.2. The van der Waals surface area contributed by atoms with Crippen LogP contribution < -0.4 is 0 Å². The molecule has 1 saturated carbocycles. The molecule has 25 heavy (non-hydrogen) atoms. The molecule has 0 N–H and O–H groups in total. The molecule has 0 amide bonds. The van der Waals surface area contributed by atoms with Gasteiger partial charge in [-0.05, 0) is 24.5 Å². The highest BCUT2D eigenvalue weighted by Gasteiger charge is 2.45. The fourth-order valence-electron chi connectivity index (χ4n) is 3.39. The first-order chi connectivity index (χ1) is 12.2. The molecular formula is C17H16ClN5O2. The molecule has 1 aliphatic heterocycles. The van der Waals surface area contributed by atoms with Gasteiger partial charge in [-0.15, -0.1) is 0 Å². The molecule has 4 heterocycles. The summed E-state index contributed by atoms with van der Waals surface area (Å²) in [6, 6.07) is 4.11. The highest BCUT2D eigenvalue weighted by Crippen LogP contribution is 2.48. The highest BCUT2D eigenvalue weighted by atomic mass is 35.5. The predicted molar refractivity (Wildman–Crippen MR) is 89.3 cm³/mol. The quantitative estimate of drug-likeness (QED) is 0.668. The lowest BCUT2D eigenvalue weighted by Gasteiger charge is -2.39. The molecule has 3 aromatic rings. The predicted octanol–water partition coefficient (Wildman–Crippen LogP) is 3.02. The number of pyridine rings is 1. The van der Waals surface area contributed by atoms with E-state index in [-0.39, 0.29) is 5.41 Å². The molecule has 8 heteroatoms. The van der Waals surface area contributed by atoms with E-state index in [4.69, 9.17) is 20.9 Å². The van der Waals surface area contributed by atoms with Gasteiger partial charge in [0.05, 0.1) is 36.4 Å². The Kier molecular flexibility index (Phi) is 3.39. The van der Waals surface area contributed by atoms with E-state index in [9.17, 15) is 0 Å². The van der Waals surface area contributed by atoms with Crippen molar-refractivity contribution >= 4 is 11.6 Å². The third kappa shape index (κ3) is 2.38. The van der Waals surface area contributed by atoms with Crippen molar-refractivity contribution in [1.82, 2.24) is 24.9 Å². The van der Waals surface area contributed by atoms with E-state index in [0.29, 0.717) is 36.1 Å². The van der Waals surface area contributed by atoms with E-state index in [1.165, 1.54) is 0 Å². The van der Waals surface area contributed by atoms with Crippen LogP contribution in [0.2, 0.25) is 5.15 Å². The molecule has 0 atom stereocenters. The summed E-state index contributed by atoms with van der Waals surface area (Å²) < 4.78 is 12.6. The van der Waals surface area contributed by atoms with Crippen LogP contribution in [0.15, 0.2) is 35.2 Å². The van der Waals surface area contributed by atoms with Crippen molar-refractivity contribution in [3.8, 4) is 11.5 Å². The minimum absolute atomic E-state index is 0.225. The van der Waals surface area contributed by atoms with Crippen molar-refractivity contribution in [2.24, 2.45) is 0 Å². The average Bonchev–Trinajstić information content (AvgIpc) is 3.16. The number of hydrogen-bond acceptors (Lipinski definition) is 6. The minimum Gasteiger partial charge on any atom is -0.377 e. The van der Waals surface area contributed by atoms with Crippen molar-refractivity contribution in [2.75, 3.05) is 13.2 Å². The van der Waals surface area contributed by atoms with Crippen LogP contribution in [0.5, 0.6) is 0 Å². The van der Waals surface area contributed by atoms with Gasteiger partial charge in [0.15, 0.2) is 5.82 Å². The van der Waals surface area contributed by atoms with Crippen molar-refractivity contribution in [1.29, 1.82) is 0 Å². The Bertz CT molecular complexity index is 896. The van der Waals surface area contributed by atoms with Gasteiger partial charge in [0.1, 0.15) is 5.15 Å². The fraction of sp³-hybridized carbons (Fsp3) is 0.412. The summed E-state index contributed by atoms with van der Waals surface area (Å²) in [6.07, 6.45) is 8.59.